The molecule has 1 amide bonds. The van der Waals surface area contributed by atoms with Crippen LogP contribution in [-0.2, 0) is 17.6 Å². The van der Waals surface area contributed by atoms with Gasteiger partial charge >= 0.3 is 0 Å². The van der Waals surface area contributed by atoms with Crippen LogP contribution < -0.4 is 5.32 Å². The highest BCUT2D eigenvalue weighted by Crippen LogP contribution is 2.02. The summed E-state index contributed by atoms with van der Waals surface area (Å²) in [6.07, 6.45) is 1.08. The molecule has 1 heterocycles. The third-order valence-electron chi connectivity index (χ3n) is 2.58. The molecule has 0 saturated carbocycles. The van der Waals surface area contributed by atoms with Crippen molar-refractivity contribution in [2.75, 3.05) is 6.54 Å². The number of carbonyl (C=O) groups excluding carboxylic acids is 1. The maximum Gasteiger partial charge on any atom is 0.224 e. The quantitative estimate of drug-likeness (QED) is 0.873. The van der Waals surface area contributed by atoms with Crippen molar-refractivity contribution in [1.29, 1.82) is 0 Å². The van der Waals surface area contributed by atoms with Crippen LogP contribution >= 0.6 is 0 Å². The summed E-state index contributed by atoms with van der Waals surface area (Å²) in [6.45, 7) is 2.45. The second-order valence-corrected chi connectivity index (χ2v) is 4.20. The van der Waals surface area contributed by atoms with Gasteiger partial charge in [0.1, 0.15) is 5.76 Å². The van der Waals surface area contributed by atoms with Crippen molar-refractivity contribution < 1.29 is 9.32 Å². The van der Waals surface area contributed by atoms with Gasteiger partial charge in [-0.05, 0) is 12.5 Å². The number of nitrogens with zero attached hydrogens (tertiary/aromatic N) is 1. The third-order valence-corrected chi connectivity index (χ3v) is 2.58. The molecule has 94 valence electrons. The average Bonchev–Trinajstić information content (AvgIpc) is 2.76. The van der Waals surface area contributed by atoms with Crippen molar-refractivity contribution in [1.82, 2.24) is 10.5 Å². The van der Waals surface area contributed by atoms with E-state index in [0.29, 0.717) is 19.4 Å². The van der Waals surface area contributed by atoms with Gasteiger partial charge in [0.15, 0.2) is 0 Å². The fourth-order valence-electron chi connectivity index (χ4n) is 1.70. The number of amides is 1. The minimum Gasteiger partial charge on any atom is -0.361 e. The predicted octanol–water partition coefficient (Wildman–Crippen LogP) is 1.88. The normalized spacial score (nSPS) is 10.3. The summed E-state index contributed by atoms with van der Waals surface area (Å²) in [5.74, 6) is 0.824. The molecule has 1 aromatic heterocycles. The monoisotopic (exact) mass is 244 g/mol. The molecule has 0 aliphatic heterocycles. The summed E-state index contributed by atoms with van der Waals surface area (Å²) in [6, 6.07) is 11.6. The van der Waals surface area contributed by atoms with Gasteiger partial charge in [0.25, 0.3) is 0 Å². The van der Waals surface area contributed by atoms with E-state index in [9.17, 15) is 4.79 Å². The first kappa shape index (κ1) is 12.4. The largest absolute Gasteiger partial charge is 0.361 e. The van der Waals surface area contributed by atoms with Crippen LogP contribution in [0.3, 0.4) is 0 Å². The summed E-state index contributed by atoms with van der Waals surface area (Å²) in [4.78, 5) is 11.7. The second-order valence-electron chi connectivity index (χ2n) is 4.20. The van der Waals surface area contributed by atoms with Gasteiger partial charge in [-0.2, -0.15) is 0 Å². The number of hydrogen-bond donors (Lipinski definition) is 1. The molecule has 18 heavy (non-hydrogen) atoms. The Hall–Kier alpha value is -2.10. The van der Waals surface area contributed by atoms with E-state index in [1.807, 2.05) is 43.3 Å². The molecular formula is C14H16N2O2. The maximum absolute atomic E-state index is 11.7. The molecule has 1 aromatic carbocycles. The zero-order chi connectivity index (χ0) is 12.8. The number of hydrogen-bond acceptors (Lipinski definition) is 3. The SMILES string of the molecule is Cc1cc(CCNC(=O)Cc2ccccc2)on1. The van der Waals surface area contributed by atoms with Gasteiger partial charge < -0.3 is 9.84 Å². The van der Waals surface area contributed by atoms with E-state index >= 15 is 0 Å². The molecular weight excluding hydrogens is 228 g/mol. The first-order valence-electron chi connectivity index (χ1n) is 5.97. The van der Waals surface area contributed by atoms with Crippen molar-refractivity contribution >= 4 is 5.91 Å². The van der Waals surface area contributed by atoms with Crippen molar-refractivity contribution in [3.63, 3.8) is 0 Å². The Kier molecular flexibility index (Phi) is 4.12. The molecule has 2 rings (SSSR count). The van der Waals surface area contributed by atoms with E-state index in [2.05, 4.69) is 10.5 Å². The van der Waals surface area contributed by atoms with E-state index < -0.39 is 0 Å². The molecule has 0 bridgehead atoms. The van der Waals surface area contributed by atoms with E-state index in [1.54, 1.807) is 0 Å². The topological polar surface area (TPSA) is 55.1 Å². The summed E-state index contributed by atoms with van der Waals surface area (Å²) in [7, 11) is 0. The molecule has 0 aliphatic carbocycles. The lowest BCUT2D eigenvalue weighted by Crippen LogP contribution is -2.27. The molecule has 1 N–H and O–H groups in total. The van der Waals surface area contributed by atoms with Gasteiger partial charge in [-0.25, -0.2) is 0 Å². The minimum absolute atomic E-state index is 0.0254. The Morgan fingerprint density at radius 1 is 1.33 bits per heavy atom. The van der Waals surface area contributed by atoms with Crippen LogP contribution in [0.4, 0.5) is 0 Å². The lowest BCUT2D eigenvalue weighted by Gasteiger charge is -2.03. The lowest BCUT2D eigenvalue weighted by molar-refractivity contribution is -0.120. The van der Waals surface area contributed by atoms with Gasteiger partial charge in [-0.15, -0.1) is 0 Å². The number of rotatable bonds is 5. The molecule has 0 aliphatic rings. The van der Waals surface area contributed by atoms with Crippen molar-refractivity contribution in [2.45, 2.75) is 19.8 Å². The summed E-state index contributed by atoms with van der Waals surface area (Å²) in [5, 5.41) is 6.66. The van der Waals surface area contributed by atoms with E-state index in [4.69, 9.17) is 4.52 Å². The standard InChI is InChI=1S/C14H16N2O2/c1-11-9-13(18-16-11)7-8-15-14(17)10-12-5-3-2-4-6-12/h2-6,9H,7-8,10H2,1H3,(H,15,17). The Labute approximate surface area is 106 Å². The van der Waals surface area contributed by atoms with Crippen molar-refractivity contribution in [3.05, 3.63) is 53.4 Å². The summed E-state index contributed by atoms with van der Waals surface area (Å²) < 4.78 is 5.06. The first-order chi connectivity index (χ1) is 8.74. The Bertz CT molecular complexity index is 506. The molecule has 0 spiro atoms. The molecule has 0 atom stereocenters. The van der Waals surface area contributed by atoms with E-state index in [-0.39, 0.29) is 5.91 Å². The number of nitrogens with one attached hydrogen (secondary N) is 1. The highest BCUT2D eigenvalue weighted by molar-refractivity contribution is 5.78. The number of aromatic nitrogens is 1. The molecule has 0 saturated heterocycles. The lowest BCUT2D eigenvalue weighted by atomic mass is 10.1. The zero-order valence-corrected chi connectivity index (χ0v) is 10.3. The van der Waals surface area contributed by atoms with Crippen molar-refractivity contribution in [2.24, 2.45) is 0 Å². The van der Waals surface area contributed by atoms with Gasteiger partial charge in [0.2, 0.25) is 5.91 Å². The summed E-state index contributed by atoms with van der Waals surface area (Å²) >= 11 is 0. The highest BCUT2D eigenvalue weighted by Gasteiger charge is 2.04. The van der Waals surface area contributed by atoms with E-state index in [0.717, 1.165) is 17.0 Å². The van der Waals surface area contributed by atoms with Crippen LogP contribution in [0, 0.1) is 6.92 Å². The fourth-order valence-corrected chi connectivity index (χ4v) is 1.70. The fraction of sp³-hybridized carbons (Fsp3) is 0.286. The summed E-state index contributed by atoms with van der Waals surface area (Å²) in [5.41, 5.74) is 1.88. The first-order valence-corrected chi connectivity index (χ1v) is 5.97. The van der Waals surface area contributed by atoms with Gasteiger partial charge in [0.05, 0.1) is 12.1 Å². The molecule has 2 aromatic rings. The number of aryl methyl sites for hydroxylation is 1. The molecule has 0 radical (unpaired) electrons. The van der Waals surface area contributed by atoms with Crippen LogP contribution in [0.2, 0.25) is 0 Å². The van der Waals surface area contributed by atoms with Crippen LogP contribution in [0.5, 0.6) is 0 Å². The zero-order valence-electron chi connectivity index (χ0n) is 10.3. The van der Waals surface area contributed by atoms with Crippen LogP contribution in [0.1, 0.15) is 17.0 Å². The average molecular weight is 244 g/mol. The third kappa shape index (κ3) is 3.73. The molecule has 0 unspecified atom stereocenters. The predicted molar refractivity (Wildman–Crippen MR) is 68.1 cm³/mol. The highest BCUT2D eigenvalue weighted by atomic mass is 16.5. The minimum atomic E-state index is 0.0254. The van der Waals surface area contributed by atoms with Crippen LogP contribution in [0.15, 0.2) is 40.9 Å². The molecule has 0 fully saturated rings. The Morgan fingerprint density at radius 3 is 2.78 bits per heavy atom. The molecule has 4 heteroatoms. The number of carbonyl (C=O) groups is 1. The second kappa shape index (κ2) is 6.00. The van der Waals surface area contributed by atoms with Gasteiger partial charge in [-0.3, -0.25) is 4.79 Å². The number of benzene rings is 1. The van der Waals surface area contributed by atoms with Gasteiger partial charge in [-0.1, -0.05) is 35.5 Å². The smallest absolute Gasteiger partial charge is 0.224 e. The maximum atomic E-state index is 11.7. The Morgan fingerprint density at radius 2 is 2.11 bits per heavy atom. The molecule has 4 nitrogen and oxygen atoms in total. The van der Waals surface area contributed by atoms with Crippen molar-refractivity contribution in [3.8, 4) is 0 Å². The van der Waals surface area contributed by atoms with E-state index in [1.165, 1.54) is 0 Å². The van der Waals surface area contributed by atoms with Gasteiger partial charge in [0, 0.05) is 19.0 Å². The van der Waals surface area contributed by atoms with Crippen LogP contribution in [-0.4, -0.2) is 17.6 Å². The van der Waals surface area contributed by atoms with Crippen LogP contribution in [0.25, 0.3) is 0 Å². The Balaban J connectivity index is 1.72.